The molecule has 4 nitrogen and oxygen atoms in total. The first kappa shape index (κ1) is 13.6. The Morgan fingerprint density at radius 2 is 2.11 bits per heavy atom. The Balaban J connectivity index is 1.95. The fourth-order valence-electron chi connectivity index (χ4n) is 1.88. The van der Waals surface area contributed by atoms with Gasteiger partial charge in [0.25, 0.3) is 0 Å². The van der Waals surface area contributed by atoms with Crippen LogP contribution in [0, 0.1) is 0 Å². The SMILES string of the molecule is CNCc1cccc(COc2cnn(C(C)C)c2)c1. The first-order valence-electron chi connectivity index (χ1n) is 6.58. The topological polar surface area (TPSA) is 39.1 Å². The summed E-state index contributed by atoms with van der Waals surface area (Å²) in [5, 5.41) is 7.40. The molecule has 19 heavy (non-hydrogen) atoms. The molecule has 0 saturated carbocycles. The maximum absolute atomic E-state index is 5.75. The number of hydrogen-bond donors (Lipinski definition) is 1. The molecule has 0 aliphatic rings. The van der Waals surface area contributed by atoms with Crippen molar-refractivity contribution in [3.05, 3.63) is 47.8 Å². The molecule has 0 aliphatic carbocycles. The Morgan fingerprint density at radius 3 is 2.79 bits per heavy atom. The number of aromatic nitrogens is 2. The molecule has 0 atom stereocenters. The third-order valence-corrected chi connectivity index (χ3v) is 2.88. The molecule has 0 spiro atoms. The molecule has 102 valence electrons. The van der Waals surface area contributed by atoms with Gasteiger partial charge in [0.2, 0.25) is 0 Å². The van der Waals surface area contributed by atoms with E-state index in [1.165, 1.54) is 11.1 Å². The molecule has 0 amide bonds. The lowest BCUT2D eigenvalue weighted by molar-refractivity contribution is 0.305. The Kier molecular flexibility index (Phi) is 4.58. The van der Waals surface area contributed by atoms with E-state index >= 15 is 0 Å². The molecule has 0 unspecified atom stereocenters. The predicted molar refractivity (Wildman–Crippen MR) is 76.1 cm³/mol. The molecule has 2 rings (SSSR count). The molecule has 0 saturated heterocycles. The summed E-state index contributed by atoms with van der Waals surface area (Å²) < 4.78 is 7.65. The first-order valence-corrected chi connectivity index (χ1v) is 6.58. The monoisotopic (exact) mass is 259 g/mol. The van der Waals surface area contributed by atoms with Gasteiger partial charge in [0.1, 0.15) is 6.61 Å². The van der Waals surface area contributed by atoms with Crippen molar-refractivity contribution in [2.24, 2.45) is 0 Å². The van der Waals surface area contributed by atoms with Crippen LogP contribution in [-0.2, 0) is 13.2 Å². The van der Waals surface area contributed by atoms with Crippen LogP contribution in [0.3, 0.4) is 0 Å². The predicted octanol–water partition coefficient (Wildman–Crippen LogP) is 2.76. The number of ether oxygens (including phenoxy) is 1. The largest absolute Gasteiger partial charge is 0.486 e. The minimum absolute atomic E-state index is 0.358. The third kappa shape index (κ3) is 3.83. The van der Waals surface area contributed by atoms with E-state index in [-0.39, 0.29) is 0 Å². The summed E-state index contributed by atoms with van der Waals surface area (Å²) in [6.07, 6.45) is 3.69. The highest BCUT2D eigenvalue weighted by molar-refractivity contribution is 5.23. The summed E-state index contributed by atoms with van der Waals surface area (Å²) in [6, 6.07) is 8.76. The summed E-state index contributed by atoms with van der Waals surface area (Å²) >= 11 is 0. The van der Waals surface area contributed by atoms with Crippen LogP contribution in [0.15, 0.2) is 36.7 Å². The molecular formula is C15H21N3O. The quantitative estimate of drug-likeness (QED) is 0.867. The van der Waals surface area contributed by atoms with Gasteiger partial charge >= 0.3 is 0 Å². The van der Waals surface area contributed by atoms with Crippen molar-refractivity contribution in [2.45, 2.75) is 33.0 Å². The molecule has 0 aliphatic heterocycles. The smallest absolute Gasteiger partial charge is 0.157 e. The number of hydrogen-bond acceptors (Lipinski definition) is 3. The Hall–Kier alpha value is -1.81. The summed E-state index contributed by atoms with van der Waals surface area (Å²) in [4.78, 5) is 0. The van der Waals surface area contributed by atoms with Crippen LogP contribution in [0.1, 0.15) is 31.0 Å². The second-order valence-electron chi connectivity index (χ2n) is 4.89. The summed E-state index contributed by atoms with van der Waals surface area (Å²) in [7, 11) is 1.95. The van der Waals surface area contributed by atoms with Gasteiger partial charge in [-0.15, -0.1) is 0 Å². The normalized spacial score (nSPS) is 10.9. The molecule has 0 fully saturated rings. The van der Waals surface area contributed by atoms with Crippen molar-refractivity contribution >= 4 is 0 Å². The standard InChI is InChI=1S/C15H21N3O/c1-12(2)18-10-15(9-17-18)19-11-14-6-4-5-13(7-14)8-16-3/h4-7,9-10,12,16H,8,11H2,1-3H3. The van der Waals surface area contributed by atoms with Gasteiger partial charge in [-0.05, 0) is 32.0 Å². The zero-order chi connectivity index (χ0) is 13.7. The number of benzene rings is 1. The van der Waals surface area contributed by atoms with Crippen LogP contribution in [0.25, 0.3) is 0 Å². The number of rotatable bonds is 6. The lowest BCUT2D eigenvalue weighted by Gasteiger charge is -2.06. The van der Waals surface area contributed by atoms with Crippen molar-refractivity contribution in [1.82, 2.24) is 15.1 Å². The molecule has 0 radical (unpaired) electrons. The van der Waals surface area contributed by atoms with Gasteiger partial charge in [-0.25, -0.2) is 0 Å². The molecular weight excluding hydrogens is 238 g/mol. The van der Waals surface area contributed by atoms with Crippen molar-refractivity contribution in [2.75, 3.05) is 7.05 Å². The van der Waals surface area contributed by atoms with Gasteiger partial charge in [-0.2, -0.15) is 5.10 Å². The lowest BCUT2D eigenvalue weighted by atomic mass is 10.1. The fraction of sp³-hybridized carbons (Fsp3) is 0.400. The third-order valence-electron chi connectivity index (χ3n) is 2.88. The van der Waals surface area contributed by atoms with E-state index in [1.54, 1.807) is 6.20 Å². The van der Waals surface area contributed by atoms with E-state index in [2.05, 4.69) is 48.5 Å². The van der Waals surface area contributed by atoms with Crippen LogP contribution < -0.4 is 10.1 Å². The molecule has 1 aromatic heterocycles. The van der Waals surface area contributed by atoms with Crippen LogP contribution in [0.5, 0.6) is 5.75 Å². The summed E-state index contributed by atoms with van der Waals surface area (Å²) in [6.45, 7) is 5.64. The fourth-order valence-corrected chi connectivity index (χ4v) is 1.88. The van der Waals surface area contributed by atoms with Gasteiger partial charge in [0, 0.05) is 12.6 Å². The van der Waals surface area contributed by atoms with Crippen molar-refractivity contribution in [3.63, 3.8) is 0 Å². The maximum Gasteiger partial charge on any atom is 0.157 e. The van der Waals surface area contributed by atoms with E-state index in [9.17, 15) is 0 Å². The first-order chi connectivity index (χ1) is 9.19. The van der Waals surface area contributed by atoms with E-state index < -0.39 is 0 Å². The highest BCUT2D eigenvalue weighted by atomic mass is 16.5. The second kappa shape index (κ2) is 6.38. The molecule has 1 heterocycles. The van der Waals surface area contributed by atoms with E-state index in [1.807, 2.05) is 17.9 Å². The van der Waals surface area contributed by atoms with Gasteiger partial charge in [-0.1, -0.05) is 24.3 Å². The highest BCUT2D eigenvalue weighted by Gasteiger charge is 2.03. The van der Waals surface area contributed by atoms with Gasteiger partial charge in [0.05, 0.1) is 12.4 Å². The van der Waals surface area contributed by atoms with Gasteiger partial charge in [-0.3, -0.25) is 4.68 Å². The maximum atomic E-state index is 5.75. The Bertz CT molecular complexity index is 520. The molecule has 4 heteroatoms. The van der Waals surface area contributed by atoms with Crippen LogP contribution in [-0.4, -0.2) is 16.8 Å². The van der Waals surface area contributed by atoms with Gasteiger partial charge < -0.3 is 10.1 Å². The van der Waals surface area contributed by atoms with Crippen molar-refractivity contribution < 1.29 is 4.74 Å². The molecule has 0 bridgehead atoms. The zero-order valence-corrected chi connectivity index (χ0v) is 11.8. The summed E-state index contributed by atoms with van der Waals surface area (Å²) in [5.41, 5.74) is 2.44. The van der Waals surface area contributed by atoms with Crippen molar-refractivity contribution in [1.29, 1.82) is 0 Å². The molecule has 1 N–H and O–H groups in total. The highest BCUT2D eigenvalue weighted by Crippen LogP contribution is 2.15. The van der Waals surface area contributed by atoms with E-state index in [4.69, 9.17) is 4.74 Å². The van der Waals surface area contributed by atoms with E-state index in [0.29, 0.717) is 12.6 Å². The van der Waals surface area contributed by atoms with E-state index in [0.717, 1.165) is 12.3 Å². The average Bonchev–Trinajstić information content (AvgIpc) is 2.86. The lowest BCUT2D eigenvalue weighted by Crippen LogP contribution is -2.05. The second-order valence-corrected chi connectivity index (χ2v) is 4.89. The van der Waals surface area contributed by atoms with Crippen LogP contribution >= 0.6 is 0 Å². The minimum Gasteiger partial charge on any atom is -0.486 e. The molecule has 1 aromatic carbocycles. The van der Waals surface area contributed by atoms with Gasteiger partial charge in [0.15, 0.2) is 5.75 Å². The van der Waals surface area contributed by atoms with Crippen molar-refractivity contribution in [3.8, 4) is 5.75 Å². The van der Waals surface area contributed by atoms with Crippen LogP contribution in [0.4, 0.5) is 0 Å². The Morgan fingerprint density at radius 1 is 1.32 bits per heavy atom. The van der Waals surface area contributed by atoms with Crippen LogP contribution in [0.2, 0.25) is 0 Å². The zero-order valence-electron chi connectivity index (χ0n) is 11.8. The summed E-state index contributed by atoms with van der Waals surface area (Å²) in [5.74, 6) is 0.813. The Labute approximate surface area is 114 Å². The molecule has 2 aromatic rings. The average molecular weight is 259 g/mol. The minimum atomic E-state index is 0.358. The number of nitrogens with one attached hydrogen (secondary N) is 1. The number of nitrogens with zero attached hydrogens (tertiary/aromatic N) is 2.